The highest BCUT2D eigenvalue weighted by Gasteiger charge is 2.42. The summed E-state index contributed by atoms with van der Waals surface area (Å²) in [6.45, 7) is 0.697. The van der Waals surface area contributed by atoms with E-state index in [1.807, 2.05) is 6.07 Å². The highest BCUT2D eigenvalue weighted by molar-refractivity contribution is 5.76. The van der Waals surface area contributed by atoms with Gasteiger partial charge in [-0.2, -0.15) is 0 Å². The second-order valence-electron chi connectivity index (χ2n) is 5.59. The Labute approximate surface area is 117 Å². The van der Waals surface area contributed by atoms with Crippen LogP contribution >= 0.6 is 0 Å². The van der Waals surface area contributed by atoms with Crippen molar-refractivity contribution in [2.45, 2.75) is 37.3 Å². The van der Waals surface area contributed by atoms with Crippen LogP contribution in [0.5, 0.6) is 0 Å². The maximum atomic E-state index is 13.7. The zero-order valence-corrected chi connectivity index (χ0v) is 11.3. The van der Waals surface area contributed by atoms with Crippen molar-refractivity contribution in [2.75, 3.05) is 13.2 Å². The van der Waals surface area contributed by atoms with Crippen LogP contribution < -0.4 is 5.32 Å². The number of hydrogen-bond donors (Lipinski definition) is 2. The van der Waals surface area contributed by atoms with Gasteiger partial charge in [-0.3, -0.25) is 0 Å². The molecule has 0 radical (unpaired) electrons. The molecule has 1 aromatic rings. The van der Waals surface area contributed by atoms with Crippen LogP contribution in [0.15, 0.2) is 24.3 Å². The van der Waals surface area contributed by atoms with Crippen molar-refractivity contribution < 1.29 is 14.3 Å². The Balaban J connectivity index is 1.58. The number of carbonyl (C=O) groups is 1. The lowest BCUT2D eigenvalue weighted by Gasteiger charge is -2.23. The average molecular weight is 278 g/mol. The van der Waals surface area contributed by atoms with Crippen molar-refractivity contribution in [3.8, 4) is 0 Å². The van der Waals surface area contributed by atoms with Gasteiger partial charge in [0, 0.05) is 18.5 Å². The zero-order valence-electron chi connectivity index (χ0n) is 11.3. The van der Waals surface area contributed by atoms with Crippen molar-refractivity contribution in [2.24, 2.45) is 0 Å². The number of aliphatic hydroxyl groups excluding tert-OH is 1. The summed E-state index contributed by atoms with van der Waals surface area (Å²) in [6.07, 6.45) is 2.57. The summed E-state index contributed by atoms with van der Waals surface area (Å²) in [4.78, 5) is 13.8. The third-order valence-electron chi connectivity index (χ3n) is 4.25. The summed E-state index contributed by atoms with van der Waals surface area (Å²) in [5.74, 6) is -0.126. The molecule has 2 aliphatic rings. The normalized spacial score (nSPS) is 28.5. The first kappa shape index (κ1) is 13.4. The Kier molecular flexibility index (Phi) is 3.61. The number of aliphatic hydroxyl groups is 1. The number of amides is 2. The summed E-state index contributed by atoms with van der Waals surface area (Å²) in [5, 5.41) is 12.2. The van der Waals surface area contributed by atoms with E-state index in [0.29, 0.717) is 12.1 Å². The first-order valence-corrected chi connectivity index (χ1v) is 7.13. The molecule has 1 heterocycles. The average Bonchev–Trinajstić information content (AvgIpc) is 3.03. The zero-order chi connectivity index (χ0) is 14.1. The second kappa shape index (κ2) is 5.40. The summed E-state index contributed by atoms with van der Waals surface area (Å²) in [5.41, 5.74) is 0.679. The Morgan fingerprint density at radius 3 is 3.00 bits per heavy atom. The highest BCUT2D eigenvalue weighted by Crippen LogP contribution is 2.42. The van der Waals surface area contributed by atoms with Gasteiger partial charge in [0.05, 0.1) is 12.6 Å². The fourth-order valence-electron chi connectivity index (χ4n) is 3.01. The molecule has 2 fully saturated rings. The number of urea groups is 1. The third kappa shape index (κ3) is 2.50. The molecule has 20 heavy (non-hydrogen) atoms. The Morgan fingerprint density at radius 2 is 2.25 bits per heavy atom. The van der Waals surface area contributed by atoms with E-state index in [4.69, 9.17) is 0 Å². The largest absolute Gasteiger partial charge is 0.394 e. The summed E-state index contributed by atoms with van der Waals surface area (Å²) >= 11 is 0. The van der Waals surface area contributed by atoms with Crippen LogP contribution in [0.4, 0.5) is 9.18 Å². The van der Waals surface area contributed by atoms with Crippen molar-refractivity contribution in [3.05, 3.63) is 35.6 Å². The summed E-state index contributed by atoms with van der Waals surface area (Å²) in [7, 11) is 0. The molecule has 0 aromatic heterocycles. The third-order valence-corrected chi connectivity index (χ3v) is 4.25. The first-order chi connectivity index (χ1) is 9.70. The molecule has 2 unspecified atom stereocenters. The number of nitrogens with one attached hydrogen (secondary N) is 1. The number of hydrogen-bond acceptors (Lipinski definition) is 2. The van der Waals surface area contributed by atoms with E-state index in [-0.39, 0.29) is 36.5 Å². The molecule has 0 bridgehead atoms. The SMILES string of the molecule is O=C(NC1CC1c1ccccc1F)N1CCC[C@H]1CO. The molecule has 1 saturated carbocycles. The molecular formula is C15H19FN2O2. The van der Waals surface area contributed by atoms with E-state index >= 15 is 0 Å². The quantitative estimate of drug-likeness (QED) is 0.886. The Bertz CT molecular complexity index is 508. The van der Waals surface area contributed by atoms with Crippen molar-refractivity contribution >= 4 is 6.03 Å². The number of halogens is 1. The maximum absolute atomic E-state index is 13.7. The monoisotopic (exact) mass is 278 g/mol. The predicted molar refractivity (Wildman–Crippen MR) is 72.9 cm³/mol. The van der Waals surface area contributed by atoms with Crippen molar-refractivity contribution in [1.29, 1.82) is 0 Å². The highest BCUT2D eigenvalue weighted by atomic mass is 19.1. The lowest BCUT2D eigenvalue weighted by atomic mass is 10.1. The summed E-state index contributed by atoms with van der Waals surface area (Å²) in [6, 6.07) is 6.53. The lowest BCUT2D eigenvalue weighted by Crippen LogP contribution is -2.45. The fourth-order valence-corrected chi connectivity index (χ4v) is 3.01. The molecule has 2 N–H and O–H groups in total. The molecule has 3 atom stereocenters. The van der Waals surface area contributed by atoms with E-state index in [0.717, 1.165) is 19.3 Å². The molecule has 0 spiro atoms. The van der Waals surface area contributed by atoms with E-state index < -0.39 is 0 Å². The van der Waals surface area contributed by atoms with Gasteiger partial charge in [0.15, 0.2) is 0 Å². The smallest absolute Gasteiger partial charge is 0.317 e. The van der Waals surface area contributed by atoms with Crippen LogP contribution in [-0.4, -0.2) is 41.3 Å². The van der Waals surface area contributed by atoms with Crippen LogP contribution in [0, 0.1) is 5.82 Å². The molecule has 5 heteroatoms. The molecule has 1 saturated heterocycles. The number of benzene rings is 1. The molecule has 1 aliphatic heterocycles. The number of carbonyl (C=O) groups excluding carboxylic acids is 1. The van der Waals surface area contributed by atoms with E-state index in [1.54, 1.807) is 17.0 Å². The van der Waals surface area contributed by atoms with Gasteiger partial charge in [-0.05, 0) is 30.9 Å². The standard InChI is InChI=1S/C15H19FN2O2/c16-13-6-2-1-5-11(13)12-8-14(12)17-15(20)18-7-3-4-10(18)9-19/h1-2,5-6,10,12,14,19H,3-4,7-9H2,(H,17,20)/t10-,12?,14?/m0/s1. The van der Waals surface area contributed by atoms with Crippen LogP contribution in [0.25, 0.3) is 0 Å². The molecule has 2 amide bonds. The van der Waals surface area contributed by atoms with Crippen molar-refractivity contribution in [1.82, 2.24) is 10.2 Å². The van der Waals surface area contributed by atoms with E-state index in [2.05, 4.69) is 5.32 Å². The Morgan fingerprint density at radius 1 is 1.45 bits per heavy atom. The molecule has 1 aliphatic carbocycles. The van der Waals surface area contributed by atoms with Crippen LogP contribution in [0.2, 0.25) is 0 Å². The van der Waals surface area contributed by atoms with Gasteiger partial charge in [0.2, 0.25) is 0 Å². The summed E-state index contributed by atoms with van der Waals surface area (Å²) < 4.78 is 13.7. The number of rotatable bonds is 3. The van der Waals surface area contributed by atoms with Crippen LogP contribution in [0.1, 0.15) is 30.7 Å². The van der Waals surface area contributed by atoms with Crippen LogP contribution in [-0.2, 0) is 0 Å². The predicted octanol–water partition coefficient (Wildman–Crippen LogP) is 1.85. The minimum absolute atomic E-state index is 0.00876. The van der Waals surface area contributed by atoms with Gasteiger partial charge in [-0.1, -0.05) is 18.2 Å². The van der Waals surface area contributed by atoms with Gasteiger partial charge < -0.3 is 15.3 Å². The van der Waals surface area contributed by atoms with Gasteiger partial charge in [0.25, 0.3) is 0 Å². The maximum Gasteiger partial charge on any atom is 0.317 e. The molecular weight excluding hydrogens is 259 g/mol. The van der Waals surface area contributed by atoms with Gasteiger partial charge in [0.1, 0.15) is 5.82 Å². The van der Waals surface area contributed by atoms with E-state index in [1.165, 1.54) is 6.07 Å². The number of nitrogens with zero attached hydrogens (tertiary/aromatic N) is 1. The van der Waals surface area contributed by atoms with Gasteiger partial charge in [-0.15, -0.1) is 0 Å². The molecule has 3 rings (SSSR count). The lowest BCUT2D eigenvalue weighted by molar-refractivity contribution is 0.157. The van der Waals surface area contributed by atoms with E-state index in [9.17, 15) is 14.3 Å². The number of likely N-dealkylation sites (tertiary alicyclic amines) is 1. The van der Waals surface area contributed by atoms with Gasteiger partial charge in [-0.25, -0.2) is 9.18 Å². The topological polar surface area (TPSA) is 52.6 Å². The van der Waals surface area contributed by atoms with Crippen LogP contribution in [0.3, 0.4) is 0 Å². The molecule has 108 valence electrons. The fraction of sp³-hybridized carbons (Fsp3) is 0.533. The second-order valence-corrected chi connectivity index (χ2v) is 5.59. The minimum atomic E-state index is -0.205. The first-order valence-electron chi connectivity index (χ1n) is 7.13. The molecule has 1 aromatic carbocycles. The Hall–Kier alpha value is -1.62. The minimum Gasteiger partial charge on any atom is -0.394 e. The molecule has 4 nitrogen and oxygen atoms in total. The van der Waals surface area contributed by atoms with Gasteiger partial charge >= 0.3 is 6.03 Å². The van der Waals surface area contributed by atoms with Crippen molar-refractivity contribution in [3.63, 3.8) is 0 Å².